The molecule has 0 radical (unpaired) electrons. The van der Waals surface area contributed by atoms with Gasteiger partial charge in [-0.3, -0.25) is 0 Å². The van der Waals surface area contributed by atoms with Gasteiger partial charge in [-0.2, -0.15) is 5.10 Å². The van der Waals surface area contributed by atoms with Crippen LogP contribution in [0, 0.1) is 6.92 Å². The Morgan fingerprint density at radius 3 is 2.44 bits per heavy atom. The van der Waals surface area contributed by atoms with Crippen LogP contribution < -0.4 is 11.2 Å². The fourth-order valence-corrected chi connectivity index (χ4v) is 1.97. The Labute approximate surface area is 107 Å². The van der Waals surface area contributed by atoms with Crippen molar-refractivity contribution in [3.63, 3.8) is 0 Å². The molecule has 0 amide bonds. The van der Waals surface area contributed by atoms with Crippen LogP contribution in [0.4, 0.5) is 5.69 Å². The predicted octanol–water partition coefficient (Wildman–Crippen LogP) is 2.75. The van der Waals surface area contributed by atoms with Gasteiger partial charge in [0.1, 0.15) is 0 Å². The lowest BCUT2D eigenvalue weighted by Crippen LogP contribution is -2.09. The van der Waals surface area contributed by atoms with Gasteiger partial charge >= 0.3 is 0 Å². The van der Waals surface area contributed by atoms with Crippen molar-refractivity contribution in [2.45, 2.75) is 6.92 Å². The normalized spacial score (nSPS) is 11.3. The Hall–Kier alpha value is -2.29. The van der Waals surface area contributed by atoms with Crippen LogP contribution in [0.15, 0.2) is 53.6 Å². The second kappa shape index (κ2) is 5.36. The average molecular weight is 239 g/mol. The number of nitrogens with zero attached hydrogens (tertiary/aromatic N) is 1. The molecule has 0 spiro atoms. The molecule has 0 bridgehead atoms. The van der Waals surface area contributed by atoms with E-state index in [4.69, 9.17) is 5.84 Å². The van der Waals surface area contributed by atoms with Gasteiger partial charge in [-0.05, 0) is 19.1 Å². The minimum absolute atomic E-state index is 0.795. The molecule has 0 aromatic heterocycles. The topological polar surface area (TPSA) is 50.4 Å². The maximum absolute atomic E-state index is 5.57. The Morgan fingerprint density at radius 1 is 1.11 bits per heavy atom. The Balaban J connectivity index is 2.56. The zero-order valence-electron chi connectivity index (χ0n) is 10.6. The maximum Gasteiger partial charge on any atom is 0.0992 e. The molecule has 0 atom stereocenters. The highest BCUT2D eigenvalue weighted by atomic mass is 15.1. The SMILES string of the molecule is CNc1ccc(C)cc1/C(=N/N)c1ccccc1. The molecular formula is C15H17N3. The van der Waals surface area contributed by atoms with Crippen molar-refractivity contribution in [2.24, 2.45) is 10.9 Å². The third-order valence-electron chi connectivity index (χ3n) is 2.88. The van der Waals surface area contributed by atoms with Crippen molar-refractivity contribution in [1.29, 1.82) is 0 Å². The van der Waals surface area contributed by atoms with Crippen molar-refractivity contribution < 1.29 is 0 Å². The van der Waals surface area contributed by atoms with Crippen molar-refractivity contribution in [1.82, 2.24) is 0 Å². The first kappa shape index (κ1) is 12.2. The lowest BCUT2D eigenvalue weighted by Gasteiger charge is -2.12. The second-order valence-corrected chi connectivity index (χ2v) is 4.14. The largest absolute Gasteiger partial charge is 0.388 e. The fraction of sp³-hybridized carbons (Fsp3) is 0.133. The fourth-order valence-electron chi connectivity index (χ4n) is 1.97. The van der Waals surface area contributed by atoms with E-state index >= 15 is 0 Å². The molecule has 3 N–H and O–H groups in total. The van der Waals surface area contributed by atoms with Gasteiger partial charge in [0.15, 0.2) is 0 Å². The van der Waals surface area contributed by atoms with Crippen LogP contribution in [-0.4, -0.2) is 12.8 Å². The third kappa shape index (κ3) is 2.35. The highest BCUT2D eigenvalue weighted by molar-refractivity contribution is 6.15. The molecule has 2 aromatic carbocycles. The monoisotopic (exact) mass is 239 g/mol. The lowest BCUT2D eigenvalue weighted by molar-refractivity contribution is 1.24. The molecule has 0 saturated heterocycles. The summed E-state index contributed by atoms with van der Waals surface area (Å²) in [5.74, 6) is 5.57. The highest BCUT2D eigenvalue weighted by Gasteiger charge is 2.11. The number of hydrogen-bond donors (Lipinski definition) is 2. The number of nitrogens with two attached hydrogens (primary N) is 1. The summed E-state index contributed by atoms with van der Waals surface area (Å²) in [5.41, 5.74) is 5.03. The molecule has 2 aromatic rings. The molecule has 0 aliphatic carbocycles. The molecule has 0 saturated carbocycles. The predicted molar refractivity (Wildman–Crippen MR) is 77.0 cm³/mol. The van der Waals surface area contributed by atoms with Crippen LogP contribution in [0.2, 0.25) is 0 Å². The second-order valence-electron chi connectivity index (χ2n) is 4.14. The minimum atomic E-state index is 0.795. The van der Waals surface area contributed by atoms with E-state index in [1.807, 2.05) is 43.4 Å². The zero-order chi connectivity index (χ0) is 13.0. The van der Waals surface area contributed by atoms with Gasteiger partial charge in [0, 0.05) is 23.9 Å². The van der Waals surface area contributed by atoms with Crippen LogP contribution in [0.1, 0.15) is 16.7 Å². The number of hydrazone groups is 1. The summed E-state index contributed by atoms with van der Waals surface area (Å²) in [5, 5.41) is 7.13. The average Bonchev–Trinajstić information content (AvgIpc) is 2.41. The number of nitrogens with one attached hydrogen (secondary N) is 1. The van der Waals surface area contributed by atoms with Crippen molar-refractivity contribution in [3.05, 3.63) is 65.2 Å². The first-order valence-electron chi connectivity index (χ1n) is 5.88. The van der Waals surface area contributed by atoms with E-state index in [9.17, 15) is 0 Å². The molecule has 3 nitrogen and oxygen atoms in total. The number of rotatable bonds is 3. The molecule has 92 valence electrons. The van der Waals surface area contributed by atoms with Gasteiger partial charge in [-0.1, -0.05) is 42.0 Å². The summed E-state index contributed by atoms with van der Waals surface area (Å²) < 4.78 is 0. The standard InChI is InChI=1S/C15H17N3/c1-11-8-9-14(17-2)13(10-11)15(18-16)12-6-4-3-5-7-12/h3-10,17H,16H2,1-2H3/b18-15+. The molecule has 2 rings (SSSR count). The summed E-state index contributed by atoms with van der Waals surface area (Å²) in [4.78, 5) is 0. The van der Waals surface area contributed by atoms with E-state index in [2.05, 4.69) is 29.5 Å². The van der Waals surface area contributed by atoms with E-state index in [1.54, 1.807) is 0 Å². The summed E-state index contributed by atoms with van der Waals surface area (Å²) >= 11 is 0. The lowest BCUT2D eigenvalue weighted by atomic mass is 9.99. The molecular weight excluding hydrogens is 222 g/mol. The summed E-state index contributed by atoms with van der Waals surface area (Å²) in [6.07, 6.45) is 0. The molecule has 0 unspecified atom stereocenters. The van der Waals surface area contributed by atoms with Gasteiger partial charge in [-0.25, -0.2) is 0 Å². The highest BCUT2D eigenvalue weighted by Crippen LogP contribution is 2.21. The van der Waals surface area contributed by atoms with Gasteiger partial charge < -0.3 is 11.2 Å². The van der Waals surface area contributed by atoms with E-state index < -0.39 is 0 Å². The Kier molecular flexibility index (Phi) is 3.63. The summed E-state index contributed by atoms with van der Waals surface area (Å²) in [7, 11) is 1.90. The zero-order valence-corrected chi connectivity index (χ0v) is 10.6. The van der Waals surface area contributed by atoms with Crippen molar-refractivity contribution in [2.75, 3.05) is 12.4 Å². The summed E-state index contributed by atoms with van der Waals surface area (Å²) in [6, 6.07) is 16.1. The van der Waals surface area contributed by atoms with Crippen LogP contribution in [0.25, 0.3) is 0 Å². The molecule has 0 aliphatic rings. The maximum atomic E-state index is 5.57. The quantitative estimate of drug-likeness (QED) is 0.491. The van der Waals surface area contributed by atoms with E-state index in [0.29, 0.717) is 0 Å². The molecule has 18 heavy (non-hydrogen) atoms. The molecule has 0 heterocycles. The van der Waals surface area contributed by atoms with Crippen molar-refractivity contribution in [3.8, 4) is 0 Å². The number of aryl methyl sites for hydroxylation is 1. The molecule has 0 fully saturated rings. The number of anilines is 1. The first-order chi connectivity index (χ1) is 8.76. The smallest absolute Gasteiger partial charge is 0.0992 e. The summed E-state index contributed by atoms with van der Waals surface area (Å²) in [6.45, 7) is 2.06. The van der Waals surface area contributed by atoms with Gasteiger partial charge in [-0.15, -0.1) is 0 Å². The minimum Gasteiger partial charge on any atom is -0.388 e. The van der Waals surface area contributed by atoms with Crippen LogP contribution in [-0.2, 0) is 0 Å². The van der Waals surface area contributed by atoms with E-state index in [1.165, 1.54) is 5.56 Å². The van der Waals surface area contributed by atoms with E-state index in [0.717, 1.165) is 22.5 Å². The van der Waals surface area contributed by atoms with Gasteiger partial charge in [0.25, 0.3) is 0 Å². The number of benzene rings is 2. The van der Waals surface area contributed by atoms with Crippen molar-refractivity contribution >= 4 is 11.4 Å². The Morgan fingerprint density at radius 2 is 1.83 bits per heavy atom. The molecule has 0 aliphatic heterocycles. The van der Waals surface area contributed by atoms with Crippen LogP contribution >= 0.6 is 0 Å². The van der Waals surface area contributed by atoms with Crippen LogP contribution in [0.5, 0.6) is 0 Å². The Bertz CT molecular complexity index is 559. The van der Waals surface area contributed by atoms with E-state index in [-0.39, 0.29) is 0 Å². The van der Waals surface area contributed by atoms with Crippen LogP contribution in [0.3, 0.4) is 0 Å². The number of hydrogen-bond acceptors (Lipinski definition) is 3. The first-order valence-corrected chi connectivity index (χ1v) is 5.88. The van der Waals surface area contributed by atoms with Gasteiger partial charge in [0.2, 0.25) is 0 Å². The molecule has 3 heteroatoms. The van der Waals surface area contributed by atoms with Gasteiger partial charge in [0.05, 0.1) is 5.71 Å². The third-order valence-corrected chi connectivity index (χ3v) is 2.88.